The maximum Gasteiger partial charge on any atom is 0.192 e. The van der Waals surface area contributed by atoms with Crippen LogP contribution in [-0.2, 0) is 11.0 Å². The van der Waals surface area contributed by atoms with Crippen molar-refractivity contribution in [2.45, 2.75) is 65.3 Å². The Balaban J connectivity index is 2.00. The molecule has 2 heterocycles. The Labute approximate surface area is 137 Å². The number of anilines is 1. The summed E-state index contributed by atoms with van der Waals surface area (Å²) in [6.07, 6.45) is 2.54. The highest BCUT2D eigenvalue weighted by molar-refractivity contribution is 6.74. The van der Waals surface area contributed by atoms with E-state index in [1.807, 2.05) is 0 Å². The van der Waals surface area contributed by atoms with Crippen LogP contribution in [0.2, 0.25) is 18.1 Å². The van der Waals surface area contributed by atoms with E-state index in [1.54, 1.807) is 0 Å². The molecule has 1 aromatic heterocycles. The third kappa shape index (κ3) is 4.32. The van der Waals surface area contributed by atoms with Gasteiger partial charge in [-0.15, -0.1) is 0 Å². The van der Waals surface area contributed by atoms with Crippen LogP contribution in [0.3, 0.4) is 0 Å². The first-order valence-electron chi connectivity index (χ1n) is 8.54. The molecule has 1 saturated heterocycles. The maximum atomic E-state index is 6.30. The van der Waals surface area contributed by atoms with Crippen LogP contribution in [-0.4, -0.2) is 26.4 Å². The zero-order valence-electron chi connectivity index (χ0n) is 15.1. The fourth-order valence-electron chi connectivity index (χ4n) is 2.43. The molecule has 1 fully saturated rings. The molecule has 4 heteroatoms. The third-order valence-corrected chi connectivity index (χ3v) is 9.77. The molecule has 0 atom stereocenters. The van der Waals surface area contributed by atoms with Gasteiger partial charge in [0, 0.05) is 13.1 Å². The molecule has 3 nitrogen and oxygen atoms in total. The number of pyridine rings is 1. The van der Waals surface area contributed by atoms with Gasteiger partial charge in [0.15, 0.2) is 8.32 Å². The van der Waals surface area contributed by atoms with E-state index in [2.05, 4.69) is 63.9 Å². The van der Waals surface area contributed by atoms with Crippen LogP contribution in [0.25, 0.3) is 0 Å². The lowest BCUT2D eigenvalue weighted by Gasteiger charge is -2.36. The molecule has 2 rings (SSSR count). The van der Waals surface area contributed by atoms with Crippen molar-refractivity contribution in [3.63, 3.8) is 0 Å². The van der Waals surface area contributed by atoms with E-state index in [4.69, 9.17) is 9.41 Å². The summed E-state index contributed by atoms with van der Waals surface area (Å²) in [5.41, 5.74) is 1.06. The van der Waals surface area contributed by atoms with Crippen LogP contribution in [0.15, 0.2) is 18.2 Å². The second-order valence-electron chi connectivity index (χ2n) is 8.21. The molecule has 0 saturated carbocycles. The first-order valence-corrected chi connectivity index (χ1v) is 11.4. The Morgan fingerprint density at radius 2 is 1.86 bits per heavy atom. The summed E-state index contributed by atoms with van der Waals surface area (Å²) in [6, 6.07) is 6.33. The van der Waals surface area contributed by atoms with Crippen LogP contribution in [0, 0.1) is 5.92 Å². The monoisotopic (exact) mass is 320 g/mol. The summed E-state index contributed by atoms with van der Waals surface area (Å²) < 4.78 is 6.30. The standard InChI is InChI=1S/C18H32N2OSi/c1-15-10-12-20(13-11-15)17-9-7-8-16(19-17)14-21-22(5,6)18(2,3)4/h7-9,15H,10-14H2,1-6H3. The summed E-state index contributed by atoms with van der Waals surface area (Å²) in [4.78, 5) is 7.24. The van der Waals surface area contributed by atoms with E-state index in [0.717, 1.165) is 30.5 Å². The van der Waals surface area contributed by atoms with Gasteiger partial charge in [0.1, 0.15) is 5.82 Å². The number of aromatic nitrogens is 1. The minimum atomic E-state index is -1.71. The van der Waals surface area contributed by atoms with Crippen LogP contribution in [0.5, 0.6) is 0 Å². The molecule has 22 heavy (non-hydrogen) atoms. The van der Waals surface area contributed by atoms with Crippen molar-refractivity contribution in [2.75, 3.05) is 18.0 Å². The van der Waals surface area contributed by atoms with Gasteiger partial charge in [-0.25, -0.2) is 4.98 Å². The number of nitrogens with zero attached hydrogens (tertiary/aromatic N) is 2. The highest BCUT2D eigenvalue weighted by Gasteiger charge is 2.37. The lowest BCUT2D eigenvalue weighted by molar-refractivity contribution is 0.272. The zero-order valence-corrected chi connectivity index (χ0v) is 16.1. The fraction of sp³-hybridized carbons (Fsp3) is 0.722. The fourth-order valence-corrected chi connectivity index (χ4v) is 3.37. The van der Waals surface area contributed by atoms with E-state index >= 15 is 0 Å². The number of rotatable bonds is 4. The first kappa shape index (κ1) is 17.5. The largest absolute Gasteiger partial charge is 0.411 e. The van der Waals surface area contributed by atoms with Gasteiger partial charge < -0.3 is 9.33 Å². The molecule has 0 aromatic carbocycles. The molecule has 1 aliphatic heterocycles. The molecule has 0 amide bonds. The summed E-state index contributed by atoms with van der Waals surface area (Å²) in [6.45, 7) is 16.6. The van der Waals surface area contributed by atoms with Gasteiger partial charge in [0.25, 0.3) is 0 Å². The molecule has 0 N–H and O–H groups in total. The first-order chi connectivity index (χ1) is 10.2. The maximum absolute atomic E-state index is 6.30. The molecule has 0 aliphatic carbocycles. The summed E-state index contributed by atoms with van der Waals surface area (Å²) in [5.74, 6) is 1.96. The van der Waals surface area contributed by atoms with Gasteiger partial charge in [0.05, 0.1) is 12.3 Å². The van der Waals surface area contributed by atoms with Gasteiger partial charge in [-0.05, 0) is 49.0 Å². The van der Waals surface area contributed by atoms with E-state index in [-0.39, 0.29) is 5.04 Å². The second kappa shape index (κ2) is 6.71. The van der Waals surface area contributed by atoms with Crippen LogP contribution in [0.1, 0.15) is 46.2 Å². The van der Waals surface area contributed by atoms with Crippen molar-refractivity contribution in [1.29, 1.82) is 0 Å². The predicted molar refractivity (Wildman–Crippen MR) is 96.8 cm³/mol. The van der Waals surface area contributed by atoms with Crippen molar-refractivity contribution in [3.8, 4) is 0 Å². The second-order valence-corrected chi connectivity index (χ2v) is 13.0. The Bertz CT molecular complexity index is 488. The molecule has 0 radical (unpaired) electrons. The SMILES string of the molecule is CC1CCN(c2cccc(CO[Si](C)(C)C(C)(C)C)n2)CC1. The van der Waals surface area contributed by atoms with E-state index in [9.17, 15) is 0 Å². The molecule has 0 bridgehead atoms. The predicted octanol–water partition coefficient (Wildman–Crippen LogP) is 4.84. The van der Waals surface area contributed by atoms with Crippen molar-refractivity contribution < 1.29 is 4.43 Å². The average molecular weight is 321 g/mol. The van der Waals surface area contributed by atoms with Gasteiger partial charge in [0.2, 0.25) is 0 Å². The van der Waals surface area contributed by atoms with Crippen molar-refractivity contribution in [3.05, 3.63) is 23.9 Å². The molecule has 0 unspecified atom stereocenters. The number of hydrogen-bond acceptors (Lipinski definition) is 3. The number of hydrogen-bond donors (Lipinski definition) is 0. The van der Waals surface area contributed by atoms with Crippen molar-refractivity contribution >= 4 is 14.1 Å². The van der Waals surface area contributed by atoms with Gasteiger partial charge in [-0.2, -0.15) is 0 Å². The van der Waals surface area contributed by atoms with Gasteiger partial charge in [-0.3, -0.25) is 0 Å². The average Bonchev–Trinajstić information content (AvgIpc) is 2.45. The summed E-state index contributed by atoms with van der Waals surface area (Å²) >= 11 is 0. The molecule has 124 valence electrons. The van der Waals surface area contributed by atoms with E-state index in [1.165, 1.54) is 12.8 Å². The van der Waals surface area contributed by atoms with Gasteiger partial charge in [-0.1, -0.05) is 33.8 Å². The lowest BCUT2D eigenvalue weighted by Crippen LogP contribution is -2.40. The van der Waals surface area contributed by atoms with Crippen LogP contribution >= 0.6 is 0 Å². The minimum absolute atomic E-state index is 0.244. The molecule has 0 spiro atoms. The Hall–Kier alpha value is -0.873. The minimum Gasteiger partial charge on any atom is -0.411 e. The Morgan fingerprint density at radius 3 is 2.45 bits per heavy atom. The Morgan fingerprint density at radius 1 is 1.23 bits per heavy atom. The quantitative estimate of drug-likeness (QED) is 0.742. The topological polar surface area (TPSA) is 25.4 Å². The summed E-state index contributed by atoms with van der Waals surface area (Å²) in [5, 5.41) is 0.244. The van der Waals surface area contributed by atoms with E-state index < -0.39 is 8.32 Å². The normalized spacial score (nSPS) is 17.8. The van der Waals surface area contributed by atoms with Crippen molar-refractivity contribution in [2.24, 2.45) is 5.92 Å². The van der Waals surface area contributed by atoms with Crippen molar-refractivity contribution in [1.82, 2.24) is 4.98 Å². The van der Waals surface area contributed by atoms with Gasteiger partial charge >= 0.3 is 0 Å². The van der Waals surface area contributed by atoms with E-state index in [0.29, 0.717) is 6.61 Å². The summed E-state index contributed by atoms with van der Waals surface area (Å²) in [7, 11) is -1.71. The molecular weight excluding hydrogens is 288 g/mol. The zero-order chi connectivity index (χ0) is 16.4. The lowest BCUT2D eigenvalue weighted by atomic mass is 9.99. The van der Waals surface area contributed by atoms with Crippen LogP contribution < -0.4 is 4.90 Å². The molecular formula is C18H32N2OSi. The number of piperidine rings is 1. The smallest absolute Gasteiger partial charge is 0.192 e. The highest BCUT2D eigenvalue weighted by atomic mass is 28.4. The molecule has 1 aliphatic rings. The third-order valence-electron chi connectivity index (χ3n) is 5.29. The Kier molecular flexibility index (Phi) is 5.33. The van der Waals surface area contributed by atoms with Crippen LogP contribution in [0.4, 0.5) is 5.82 Å². The highest BCUT2D eigenvalue weighted by Crippen LogP contribution is 2.37. The molecule has 1 aromatic rings.